The first-order valence-electron chi connectivity index (χ1n) is 5.20. The van der Waals surface area contributed by atoms with Gasteiger partial charge in [0.05, 0.1) is 37.3 Å². The molecule has 0 radical (unpaired) electrons. The Bertz CT molecular complexity index is 548. The molecule has 6 heteroatoms. The van der Waals surface area contributed by atoms with E-state index >= 15 is 0 Å². The molecule has 0 saturated heterocycles. The Balaban J connectivity index is 2.41. The van der Waals surface area contributed by atoms with E-state index in [0.717, 1.165) is 0 Å². The zero-order chi connectivity index (χ0) is 12.4. The van der Waals surface area contributed by atoms with Gasteiger partial charge in [0.25, 0.3) is 0 Å². The molecule has 0 atom stereocenters. The first-order valence-corrected chi connectivity index (χ1v) is 5.20. The van der Waals surface area contributed by atoms with Crippen molar-refractivity contribution >= 4 is 11.5 Å². The molecule has 0 N–H and O–H groups in total. The number of carbonyl (C=O) groups excluding carboxylic acids is 1. The Hall–Kier alpha value is -2.11. The topological polar surface area (TPSA) is 65.7 Å². The molecule has 0 aliphatic rings. The second-order valence-corrected chi connectivity index (χ2v) is 3.77. The van der Waals surface area contributed by atoms with E-state index in [1.54, 1.807) is 6.20 Å². The fourth-order valence-electron chi connectivity index (χ4n) is 1.44. The lowest BCUT2D eigenvalue weighted by Gasteiger charge is -2.08. The minimum absolute atomic E-state index is 0.0376. The zero-order valence-corrected chi connectivity index (χ0v) is 9.88. The largest absolute Gasteiger partial charge is 0.474 e. The maximum atomic E-state index is 11.4. The van der Waals surface area contributed by atoms with Gasteiger partial charge >= 0.3 is 5.97 Å². The van der Waals surface area contributed by atoms with Crippen molar-refractivity contribution in [3.8, 4) is 5.88 Å². The number of esters is 1. The third-order valence-electron chi connectivity index (χ3n) is 2.14. The highest BCUT2D eigenvalue weighted by atomic mass is 16.5. The first-order chi connectivity index (χ1) is 8.11. The Morgan fingerprint density at radius 2 is 2.18 bits per heavy atom. The van der Waals surface area contributed by atoms with Crippen LogP contribution in [-0.4, -0.2) is 33.8 Å². The lowest BCUT2D eigenvalue weighted by molar-refractivity contribution is 0.0603. The summed E-state index contributed by atoms with van der Waals surface area (Å²) in [6, 6.07) is 0. The van der Waals surface area contributed by atoms with Crippen LogP contribution < -0.4 is 4.74 Å². The number of nitrogens with zero attached hydrogens (tertiary/aromatic N) is 3. The standard InChI is InChI=1S/C11H13N3O3/c1-7(2)17-10-6-14-9(5-12-10)8(4-13-14)11(15)16-3/h4-7H,1-3H3. The molecule has 2 heterocycles. The highest BCUT2D eigenvalue weighted by Crippen LogP contribution is 2.14. The molecule has 2 aromatic heterocycles. The number of fused-ring (bicyclic) bond motifs is 1. The van der Waals surface area contributed by atoms with Gasteiger partial charge in [-0.3, -0.25) is 0 Å². The van der Waals surface area contributed by atoms with E-state index in [-0.39, 0.29) is 6.10 Å². The molecule has 0 fully saturated rings. The van der Waals surface area contributed by atoms with Gasteiger partial charge in [0, 0.05) is 0 Å². The van der Waals surface area contributed by atoms with Crippen LogP contribution in [-0.2, 0) is 4.74 Å². The summed E-state index contributed by atoms with van der Waals surface area (Å²) in [6.07, 6.45) is 4.65. The molecular formula is C11H13N3O3. The van der Waals surface area contributed by atoms with Crippen LogP contribution in [0.15, 0.2) is 18.6 Å². The van der Waals surface area contributed by atoms with Crippen LogP contribution in [0.1, 0.15) is 24.2 Å². The normalized spacial score (nSPS) is 10.8. The van der Waals surface area contributed by atoms with E-state index in [1.165, 1.54) is 24.0 Å². The Morgan fingerprint density at radius 1 is 1.41 bits per heavy atom. The minimum Gasteiger partial charge on any atom is -0.474 e. The van der Waals surface area contributed by atoms with Gasteiger partial charge in [-0.2, -0.15) is 5.10 Å². The van der Waals surface area contributed by atoms with Crippen molar-refractivity contribution in [3.63, 3.8) is 0 Å². The first kappa shape index (κ1) is 11.4. The van der Waals surface area contributed by atoms with Crippen LogP contribution in [0.5, 0.6) is 5.88 Å². The van der Waals surface area contributed by atoms with Crippen molar-refractivity contribution in [2.24, 2.45) is 0 Å². The number of carbonyl (C=O) groups is 1. The molecule has 0 bridgehead atoms. The number of ether oxygens (including phenoxy) is 2. The molecule has 0 aliphatic heterocycles. The summed E-state index contributed by atoms with van der Waals surface area (Å²) in [6.45, 7) is 3.82. The molecule has 0 aromatic carbocycles. The summed E-state index contributed by atoms with van der Waals surface area (Å²) in [5, 5.41) is 4.05. The fraction of sp³-hybridized carbons (Fsp3) is 0.364. The van der Waals surface area contributed by atoms with Crippen molar-refractivity contribution in [1.82, 2.24) is 14.6 Å². The van der Waals surface area contributed by atoms with Crippen molar-refractivity contribution in [2.45, 2.75) is 20.0 Å². The van der Waals surface area contributed by atoms with Crippen molar-refractivity contribution < 1.29 is 14.3 Å². The van der Waals surface area contributed by atoms with Crippen LogP contribution in [0.4, 0.5) is 0 Å². The third kappa shape index (κ3) is 2.20. The lowest BCUT2D eigenvalue weighted by Crippen LogP contribution is -2.08. The summed E-state index contributed by atoms with van der Waals surface area (Å²) in [7, 11) is 1.33. The van der Waals surface area contributed by atoms with Gasteiger partial charge < -0.3 is 9.47 Å². The van der Waals surface area contributed by atoms with E-state index in [9.17, 15) is 4.79 Å². The van der Waals surface area contributed by atoms with Crippen molar-refractivity contribution in [3.05, 3.63) is 24.2 Å². The van der Waals surface area contributed by atoms with E-state index in [2.05, 4.69) is 14.8 Å². The van der Waals surface area contributed by atoms with Gasteiger partial charge in [-0.05, 0) is 13.8 Å². The number of hydrogen-bond acceptors (Lipinski definition) is 5. The second-order valence-electron chi connectivity index (χ2n) is 3.77. The van der Waals surface area contributed by atoms with Crippen LogP contribution >= 0.6 is 0 Å². The van der Waals surface area contributed by atoms with Gasteiger partial charge in [-0.1, -0.05) is 0 Å². The molecule has 0 amide bonds. The smallest absolute Gasteiger partial charge is 0.341 e. The Labute approximate surface area is 98.2 Å². The third-order valence-corrected chi connectivity index (χ3v) is 2.14. The van der Waals surface area contributed by atoms with Crippen LogP contribution in [0.25, 0.3) is 5.52 Å². The van der Waals surface area contributed by atoms with Crippen LogP contribution in [0.3, 0.4) is 0 Å². The minimum atomic E-state index is -0.431. The summed E-state index contributed by atoms with van der Waals surface area (Å²) in [5.74, 6) is 0.0337. The monoisotopic (exact) mass is 235 g/mol. The highest BCUT2D eigenvalue weighted by molar-refractivity contribution is 5.96. The number of rotatable bonds is 3. The molecule has 6 nitrogen and oxygen atoms in total. The average molecular weight is 235 g/mol. The predicted octanol–water partition coefficient (Wildman–Crippen LogP) is 1.30. The molecule has 0 saturated carbocycles. The number of aromatic nitrogens is 3. The molecule has 2 rings (SSSR count). The lowest BCUT2D eigenvalue weighted by atomic mass is 10.3. The molecule has 2 aromatic rings. The number of methoxy groups -OCH3 is 1. The van der Waals surface area contributed by atoms with E-state index < -0.39 is 5.97 Å². The maximum Gasteiger partial charge on any atom is 0.341 e. The van der Waals surface area contributed by atoms with E-state index in [0.29, 0.717) is 17.0 Å². The van der Waals surface area contributed by atoms with Crippen LogP contribution in [0.2, 0.25) is 0 Å². The summed E-state index contributed by atoms with van der Waals surface area (Å²) in [5.41, 5.74) is 0.976. The summed E-state index contributed by atoms with van der Waals surface area (Å²) < 4.78 is 11.6. The van der Waals surface area contributed by atoms with Gasteiger partial charge in [0.15, 0.2) is 0 Å². The van der Waals surface area contributed by atoms with E-state index in [1.807, 2.05) is 13.8 Å². The molecule has 0 aliphatic carbocycles. The number of hydrogen-bond donors (Lipinski definition) is 0. The second kappa shape index (κ2) is 4.40. The van der Waals surface area contributed by atoms with Crippen molar-refractivity contribution in [2.75, 3.05) is 7.11 Å². The predicted molar refractivity (Wildman–Crippen MR) is 60.1 cm³/mol. The molecular weight excluding hydrogens is 222 g/mol. The Kier molecular flexibility index (Phi) is 2.95. The molecule has 17 heavy (non-hydrogen) atoms. The molecule has 90 valence electrons. The fourth-order valence-corrected chi connectivity index (χ4v) is 1.44. The zero-order valence-electron chi connectivity index (χ0n) is 9.88. The highest BCUT2D eigenvalue weighted by Gasteiger charge is 2.13. The average Bonchev–Trinajstić information content (AvgIpc) is 2.70. The van der Waals surface area contributed by atoms with Gasteiger partial charge in [0.2, 0.25) is 5.88 Å². The van der Waals surface area contributed by atoms with Crippen molar-refractivity contribution in [1.29, 1.82) is 0 Å². The molecule has 0 unspecified atom stereocenters. The quantitative estimate of drug-likeness (QED) is 0.750. The Morgan fingerprint density at radius 3 is 2.82 bits per heavy atom. The molecule has 0 spiro atoms. The van der Waals surface area contributed by atoms with Gasteiger partial charge in [-0.15, -0.1) is 0 Å². The maximum absolute atomic E-state index is 11.4. The van der Waals surface area contributed by atoms with Gasteiger partial charge in [-0.25, -0.2) is 14.3 Å². The van der Waals surface area contributed by atoms with Crippen LogP contribution in [0, 0.1) is 0 Å². The SMILES string of the molecule is COC(=O)c1cnn2cc(OC(C)C)ncc12. The van der Waals surface area contributed by atoms with Gasteiger partial charge in [0.1, 0.15) is 5.56 Å². The van der Waals surface area contributed by atoms with E-state index in [4.69, 9.17) is 4.74 Å². The summed E-state index contributed by atoms with van der Waals surface area (Å²) >= 11 is 0. The summed E-state index contributed by atoms with van der Waals surface area (Å²) in [4.78, 5) is 15.5.